The van der Waals surface area contributed by atoms with Gasteiger partial charge in [0.15, 0.2) is 8.32 Å². The normalized spacial score (nSPS) is 53.0. The van der Waals surface area contributed by atoms with E-state index in [1.165, 1.54) is 51.4 Å². The number of hydrogen-bond acceptors (Lipinski definition) is 1. The SMILES string of the molecule is [CH2]O[Si](C)(C1CC2CCC1C2)C1CC2CCC1C2. The predicted molar refractivity (Wildman–Crippen MR) is 76.5 cm³/mol. The summed E-state index contributed by atoms with van der Waals surface area (Å²) in [7, 11) is 2.40. The van der Waals surface area contributed by atoms with Crippen LogP contribution in [0, 0.1) is 30.8 Å². The van der Waals surface area contributed by atoms with Gasteiger partial charge in [0.2, 0.25) is 0 Å². The van der Waals surface area contributed by atoms with Crippen molar-refractivity contribution in [1.82, 2.24) is 0 Å². The lowest BCUT2D eigenvalue weighted by Crippen LogP contribution is -2.47. The van der Waals surface area contributed by atoms with Crippen molar-refractivity contribution >= 4 is 8.32 Å². The molecule has 0 N–H and O–H groups in total. The first-order valence-corrected chi connectivity index (χ1v) is 10.7. The van der Waals surface area contributed by atoms with Gasteiger partial charge in [0, 0.05) is 0 Å². The van der Waals surface area contributed by atoms with Crippen molar-refractivity contribution < 1.29 is 4.43 Å². The zero-order valence-corrected chi connectivity index (χ0v) is 12.7. The maximum absolute atomic E-state index is 6.10. The van der Waals surface area contributed by atoms with E-state index in [4.69, 9.17) is 4.43 Å². The summed E-state index contributed by atoms with van der Waals surface area (Å²) in [6.07, 6.45) is 12.1. The molecule has 0 heterocycles. The van der Waals surface area contributed by atoms with Crippen molar-refractivity contribution in [3.05, 3.63) is 7.11 Å². The Morgan fingerprint density at radius 1 is 0.833 bits per heavy atom. The molecule has 4 aliphatic rings. The van der Waals surface area contributed by atoms with Crippen LogP contribution in [0.5, 0.6) is 0 Å². The van der Waals surface area contributed by atoms with Crippen molar-refractivity contribution in [3.63, 3.8) is 0 Å². The van der Waals surface area contributed by atoms with Crippen LogP contribution in [-0.4, -0.2) is 8.32 Å². The predicted octanol–water partition coefficient (Wildman–Crippen LogP) is 4.75. The molecule has 0 aromatic heterocycles. The van der Waals surface area contributed by atoms with Crippen LogP contribution in [0.15, 0.2) is 0 Å². The summed E-state index contributed by atoms with van der Waals surface area (Å²) in [4.78, 5) is 0. The van der Waals surface area contributed by atoms with Gasteiger partial charge in [-0.15, -0.1) is 0 Å². The van der Waals surface area contributed by atoms with Crippen molar-refractivity contribution in [2.45, 2.75) is 69.0 Å². The minimum absolute atomic E-state index is 0.957. The molecule has 0 amide bonds. The summed E-state index contributed by atoms with van der Waals surface area (Å²) in [5, 5.41) is 0. The average Bonchev–Trinajstić information content (AvgIpc) is 3.15. The Labute approximate surface area is 113 Å². The summed E-state index contributed by atoms with van der Waals surface area (Å²) in [5.74, 6) is 4.15. The lowest BCUT2D eigenvalue weighted by atomic mass is 9.99. The van der Waals surface area contributed by atoms with E-state index in [1.54, 1.807) is 0 Å². The van der Waals surface area contributed by atoms with Gasteiger partial charge >= 0.3 is 0 Å². The summed E-state index contributed by atoms with van der Waals surface area (Å²) in [6.45, 7) is 2.55. The van der Waals surface area contributed by atoms with Gasteiger partial charge in [0.25, 0.3) is 0 Å². The number of fused-ring (bicyclic) bond motifs is 4. The Morgan fingerprint density at radius 3 is 1.61 bits per heavy atom. The number of rotatable bonds is 3. The fraction of sp³-hybridized carbons (Fsp3) is 0.938. The Hall–Kier alpha value is 0.177. The van der Waals surface area contributed by atoms with Crippen molar-refractivity contribution in [2.24, 2.45) is 23.7 Å². The summed E-state index contributed by atoms with van der Waals surface area (Å²) < 4.78 is 6.10. The highest BCUT2D eigenvalue weighted by Gasteiger charge is 2.58. The highest BCUT2D eigenvalue weighted by molar-refractivity contribution is 6.75. The van der Waals surface area contributed by atoms with Crippen LogP contribution in [0.25, 0.3) is 0 Å². The van der Waals surface area contributed by atoms with Crippen LogP contribution in [0.3, 0.4) is 0 Å². The maximum atomic E-state index is 6.10. The molecule has 4 bridgehead atoms. The molecule has 0 saturated heterocycles. The first kappa shape index (κ1) is 12.0. The van der Waals surface area contributed by atoms with Gasteiger partial charge in [-0.25, -0.2) is 0 Å². The molecule has 0 aromatic carbocycles. The molecule has 4 aliphatic carbocycles. The van der Waals surface area contributed by atoms with Crippen molar-refractivity contribution in [3.8, 4) is 0 Å². The van der Waals surface area contributed by atoms with Gasteiger partial charge in [-0.1, -0.05) is 25.7 Å². The molecule has 18 heavy (non-hydrogen) atoms. The fourth-order valence-electron chi connectivity index (χ4n) is 6.38. The first-order chi connectivity index (χ1) is 8.70. The minimum atomic E-state index is -1.58. The van der Waals surface area contributed by atoms with Gasteiger partial charge in [-0.05, 0) is 67.0 Å². The van der Waals surface area contributed by atoms with E-state index in [1.807, 2.05) is 0 Å². The third kappa shape index (κ3) is 1.54. The van der Waals surface area contributed by atoms with Crippen LogP contribution in [0.1, 0.15) is 51.4 Å². The molecule has 6 unspecified atom stereocenters. The highest BCUT2D eigenvalue weighted by atomic mass is 28.4. The van der Waals surface area contributed by atoms with Gasteiger partial charge in [-0.3, -0.25) is 0 Å². The topological polar surface area (TPSA) is 9.23 Å². The molecule has 0 aromatic rings. The Morgan fingerprint density at radius 2 is 1.33 bits per heavy atom. The van der Waals surface area contributed by atoms with E-state index < -0.39 is 8.32 Å². The molecular weight excluding hydrogens is 236 g/mol. The molecule has 101 valence electrons. The molecule has 0 spiro atoms. The van der Waals surface area contributed by atoms with Crippen LogP contribution in [0.2, 0.25) is 17.6 Å². The van der Waals surface area contributed by atoms with E-state index in [0.717, 1.165) is 34.8 Å². The van der Waals surface area contributed by atoms with Crippen LogP contribution in [-0.2, 0) is 4.43 Å². The quantitative estimate of drug-likeness (QED) is 0.668. The van der Waals surface area contributed by atoms with E-state index in [-0.39, 0.29) is 0 Å². The second-order valence-corrected chi connectivity index (χ2v) is 12.0. The minimum Gasteiger partial charge on any atom is -0.414 e. The summed E-state index contributed by atoms with van der Waals surface area (Å²) in [6, 6.07) is 0. The third-order valence-electron chi connectivity index (χ3n) is 7.26. The highest BCUT2D eigenvalue weighted by Crippen LogP contribution is 2.63. The van der Waals surface area contributed by atoms with E-state index >= 15 is 0 Å². The molecule has 4 saturated carbocycles. The van der Waals surface area contributed by atoms with E-state index in [9.17, 15) is 0 Å². The zero-order chi connectivity index (χ0) is 12.3. The average molecular weight is 263 g/mol. The van der Waals surface area contributed by atoms with E-state index in [0.29, 0.717) is 0 Å². The first-order valence-electron chi connectivity index (χ1n) is 8.14. The van der Waals surface area contributed by atoms with Gasteiger partial charge < -0.3 is 4.43 Å². The van der Waals surface area contributed by atoms with Crippen molar-refractivity contribution in [1.29, 1.82) is 0 Å². The van der Waals surface area contributed by atoms with Crippen LogP contribution < -0.4 is 0 Å². The largest absolute Gasteiger partial charge is 0.414 e. The van der Waals surface area contributed by atoms with Gasteiger partial charge in [0.1, 0.15) is 0 Å². The molecule has 1 radical (unpaired) electrons. The molecule has 2 heteroatoms. The second-order valence-electron chi connectivity index (χ2n) is 7.89. The Balaban J connectivity index is 1.59. The molecule has 4 fully saturated rings. The van der Waals surface area contributed by atoms with Crippen LogP contribution >= 0.6 is 0 Å². The molecule has 1 nitrogen and oxygen atoms in total. The Kier molecular flexibility index (Phi) is 2.71. The number of hydrogen-bond donors (Lipinski definition) is 0. The van der Waals surface area contributed by atoms with E-state index in [2.05, 4.69) is 13.7 Å². The van der Waals surface area contributed by atoms with Gasteiger partial charge in [-0.2, -0.15) is 0 Å². The molecule has 0 aliphatic heterocycles. The third-order valence-corrected chi connectivity index (χ3v) is 12.2. The standard InChI is InChI=1S/C16H27OSi/c1-17-18(2,15-9-11-3-5-13(15)7-11)16-10-12-4-6-14(16)8-12/h11-16H,1,3-10H2,2H3. The van der Waals surface area contributed by atoms with Gasteiger partial charge in [0.05, 0.1) is 7.11 Å². The lowest BCUT2D eigenvalue weighted by Gasteiger charge is -2.44. The van der Waals surface area contributed by atoms with Crippen molar-refractivity contribution in [2.75, 3.05) is 0 Å². The monoisotopic (exact) mass is 263 g/mol. The zero-order valence-electron chi connectivity index (χ0n) is 11.7. The smallest absolute Gasteiger partial charge is 0.196 e. The maximum Gasteiger partial charge on any atom is 0.196 e. The lowest BCUT2D eigenvalue weighted by molar-refractivity contribution is 0.339. The summed E-state index contributed by atoms with van der Waals surface area (Å²) in [5.41, 5.74) is 1.91. The fourth-order valence-corrected chi connectivity index (χ4v) is 11.4. The molecule has 4 rings (SSSR count). The Bertz CT molecular complexity index is 314. The second kappa shape index (κ2) is 4.08. The van der Waals surface area contributed by atoms with Crippen LogP contribution in [0.4, 0.5) is 0 Å². The summed E-state index contributed by atoms with van der Waals surface area (Å²) >= 11 is 0. The molecular formula is C16H27OSi. The molecule has 6 atom stereocenters.